The lowest BCUT2D eigenvalue weighted by molar-refractivity contribution is 0.256. The number of anilines is 1. The fraction of sp³-hybridized carbons (Fsp3) is 0.214. The number of thiophene rings is 1. The minimum absolute atomic E-state index is 0.0605. The van der Waals surface area contributed by atoms with Crippen molar-refractivity contribution >= 4 is 50.9 Å². The summed E-state index contributed by atoms with van der Waals surface area (Å²) < 4.78 is 63.3. The van der Waals surface area contributed by atoms with Gasteiger partial charge in [0.15, 0.2) is 15.2 Å². The first-order valence-corrected chi connectivity index (χ1v) is 10.8. The topological polar surface area (TPSA) is 120 Å². The van der Waals surface area contributed by atoms with Gasteiger partial charge in [0.1, 0.15) is 0 Å². The van der Waals surface area contributed by atoms with E-state index in [9.17, 15) is 22.0 Å². The predicted molar refractivity (Wildman–Crippen MR) is 101 cm³/mol. The number of carbonyl (C=O) groups is 1. The summed E-state index contributed by atoms with van der Waals surface area (Å²) >= 11 is 1.10. The Morgan fingerprint density at radius 2 is 1.82 bits per heavy atom. The number of halogens is 2. The molecule has 0 aliphatic carbocycles. The summed E-state index contributed by atoms with van der Waals surface area (Å²) in [5.74, 6) is -1.51. The molecule has 0 unspecified atom stereocenters. The van der Waals surface area contributed by atoms with Crippen LogP contribution in [0.4, 0.5) is 19.5 Å². The van der Waals surface area contributed by atoms with Crippen LogP contribution >= 0.6 is 23.1 Å². The summed E-state index contributed by atoms with van der Waals surface area (Å²) in [4.78, 5) is 19.7. The van der Waals surface area contributed by atoms with Crippen molar-refractivity contribution in [3.8, 4) is 11.8 Å². The Morgan fingerprint density at radius 3 is 2.36 bits per heavy atom. The molecule has 2 heterocycles. The number of urea groups is 1. The summed E-state index contributed by atoms with van der Waals surface area (Å²) in [5, 5.41) is 2.17. The van der Waals surface area contributed by atoms with Gasteiger partial charge in [0.05, 0.1) is 20.3 Å². The summed E-state index contributed by atoms with van der Waals surface area (Å²) in [6, 6.07) is 1.22. The Bertz CT molecular complexity index is 988. The van der Waals surface area contributed by atoms with Crippen molar-refractivity contribution in [1.82, 2.24) is 14.7 Å². The molecule has 2 aromatic heterocycles. The summed E-state index contributed by atoms with van der Waals surface area (Å²) in [5.41, 5.74) is -0.489. The van der Waals surface area contributed by atoms with Gasteiger partial charge in [-0.15, -0.1) is 11.3 Å². The average Bonchev–Trinajstić information content (AvgIpc) is 3.16. The van der Waals surface area contributed by atoms with Crippen LogP contribution in [0.2, 0.25) is 0 Å². The molecular formula is C14H14F2N4O5S3. The first-order valence-electron chi connectivity index (χ1n) is 7.19. The molecule has 0 saturated heterocycles. The lowest BCUT2D eigenvalue weighted by Crippen LogP contribution is -2.34. The van der Waals surface area contributed by atoms with Crippen molar-refractivity contribution in [2.45, 2.75) is 4.21 Å². The number of thioether (sulfide) groups is 1. The summed E-state index contributed by atoms with van der Waals surface area (Å²) in [6.07, 6.45) is 1.30. The van der Waals surface area contributed by atoms with Crippen LogP contribution in [0, 0.1) is 0 Å². The Labute approximate surface area is 167 Å². The zero-order chi connectivity index (χ0) is 20.9. The number of ether oxygens (including phenoxy) is 2. The highest BCUT2D eigenvalue weighted by molar-refractivity contribution is 8.02. The minimum Gasteiger partial charge on any atom is -0.481 e. The zero-order valence-corrected chi connectivity index (χ0v) is 17.1. The fourth-order valence-electron chi connectivity index (χ4n) is 1.83. The number of aromatic nitrogens is 2. The second-order valence-electron chi connectivity index (χ2n) is 4.75. The van der Waals surface area contributed by atoms with E-state index >= 15 is 0 Å². The predicted octanol–water partition coefficient (Wildman–Crippen LogP) is 2.99. The van der Waals surface area contributed by atoms with E-state index in [1.165, 1.54) is 31.9 Å². The second kappa shape index (κ2) is 9.16. The molecule has 0 aliphatic rings. The van der Waals surface area contributed by atoms with Gasteiger partial charge in [-0.2, -0.15) is 14.4 Å². The zero-order valence-electron chi connectivity index (χ0n) is 14.6. The Hall–Kier alpha value is -2.45. The third-order valence-corrected chi connectivity index (χ3v) is 6.36. The molecule has 14 heteroatoms. The number of nitrogens with zero attached hydrogens (tertiary/aromatic N) is 2. The number of methoxy groups -OCH3 is 2. The van der Waals surface area contributed by atoms with Crippen molar-refractivity contribution in [2.24, 2.45) is 0 Å². The average molecular weight is 452 g/mol. The summed E-state index contributed by atoms with van der Waals surface area (Å²) in [7, 11) is -1.85. The second-order valence-corrected chi connectivity index (χ2v) is 8.31. The maximum absolute atomic E-state index is 14.1. The number of rotatable bonds is 7. The number of sulfonamides is 1. The van der Waals surface area contributed by atoms with Crippen LogP contribution in [0.5, 0.6) is 11.8 Å². The maximum atomic E-state index is 14.1. The Balaban J connectivity index is 2.24. The van der Waals surface area contributed by atoms with Crippen LogP contribution in [-0.4, -0.2) is 44.9 Å². The van der Waals surface area contributed by atoms with E-state index in [4.69, 9.17) is 9.47 Å². The van der Waals surface area contributed by atoms with E-state index in [1.54, 1.807) is 4.72 Å². The highest BCUT2D eigenvalue weighted by Crippen LogP contribution is 2.34. The molecule has 2 N–H and O–H groups in total. The largest absolute Gasteiger partial charge is 0.481 e. The van der Waals surface area contributed by atoms with E-state index in [1.807, 2.05) is 0 Å². The Morgan fingerprint density at radius 1 is 1.21 bits per heavy atom. The van der Waals surface area contributed by atoms with E-state index in [0.29, 0.717) is 23.1 Å². The minimum atomic E-state index is -4.50. The molecule has 0 aliphatic heterocycles. The van der Waals surface area contributed by atoms with Crippen molar-refractivity contribution in [3.05, 3.63) is 28.2 Å². The number of carbonyl (C=O) groups excluding carboxylic acids is 1. The van der Waals surface area contributed by atoms with E-state index in [-0.39, 0.29) is 17.7 Å². The van der Waals surface area contributed by atoms with Crippen LogP contribution in [0.3, 0.4) is 0 Å². The quantitative estimate of drug-likeness (QED) is 0.658. The van der Waals surface area contributed by atoms with Gasteiger partial charge < -0.3 is 9.47 Å². The Kier molecular flexibility index (Phi) is 7.15. The van der Waals surface area contributed by atoms with Gasteiger partial charge in [0.2, 0.25) is 17.7 Å². The van der Waals surface area contributed by atoms with Crippen molar-refractivity contribution in [3.63, 3.8) is 0 Å². The molecule has 0 fully saturated rings. The molecule has 2 rings (SSSR count). The van der Waals surface area contributed by atoms with Gasteiger partial charge in [-0.05, 0) is 17.7 Å². The number of amides is 2. The van der Waals surface area contributed by atoms with Crippen molar-refractivity contribution < 1.29 is 31.5 Å². The van der Waals surface area contributed by atoms with Crippen LogP contribution in [0.1, 0.15) is 5.56 Å². The smallest absolute Gasteiger partial charge is 0.335 e. The van der Waals surface area contributed by atoms with Gasteiger partial charge >= 0.3 is 6.03 Å². The van der Waals surface area contributed by atoms with E-state index < -0.39 is 36.8 Å². The maximum Gasteiger partial charge on any atom is 0.335 e. The number of hydrogen-bond donors (Lipinski definition) is 2. The molecular weight excluding hydrogens is 438 g/mol. The molecule has 0 radical (unpaired) electrons. The first-order chi connectivity index (χ1) is 13.2. The molecule has 0 saturated carbocycles. The standard InChI is InChI=1S/C14H14F2N4O5S3/c1-24-8-6-9(25-2)18-13(17-8)19-14(21)20-28(22,23)12-7(4-5-27-12)10(15)11(16)26-3/h4-6H,1-3H3,(H2,17,18,19,20,21)/b11-10+. The monoisotopic (exact) mass is 452 g/mol. The van der Waals surface area contributed by atoms with E-state index in [2.05, 4.69) is 15.3 Å². The molecule has 2 aromatic rings. The van der Waals surface area contributed by atoms with Crippen molar-refractivity contribution in [2.75, 3.05) is 25.8 Å². The first kappa shape index (κ1) is 21.8. The van der Waals surface area contributed by atoms with E-state index in [0.717, 1.165) is 6.07 Å². The number of hydrogen-bond acceptors (Lipinski definition) is 9. The summed E-state index contributed by atoms with van der Waals surface area (Å²) in [6.45, 7) is 0. The van der Waals surface area contributed by atoms with Gasteiger partial charge in [0, 0.05) is 5.56 Å². The van der Waals surface area contributed by atoms with Gasteiger partial charge in [-0.1, -0.05) is 11.8 Å². The lowest BCUT2D eigenvalue weighted by atomic mass is 10.3. The molecule has 2 amide bonds. The van der Waals surface area contributed by atoms with Gasteiger partial charge in [-0.25, -0.2) is 22.3 Å². The molecule has 152 valence electrons. The van der Waals surface area contributed by atoms with Crippen LogP contribution in [0.15, 0.2) is 26.9 Å². The molecule has 0 spiro atoms. The number of nitrogens with one attached hydrogen (secondary N) is 2. The van der Waals surface area contributed by atoms with Crippen LogP contribution in [0.25, 0.3) is 5.83 Å². The SMILES string of the molecule is COc1cc(OC)nc(NC(=O)NS(=O)(=O)c2sccc2/C(F)=C(/F)SC)n1. The molecule has 0 bridgehead atoms. The van der Waals surface area contributed by atoms with Gasteiger partial charge in [0.25, 0.3) is 10.0 Å². The molecule has 0 atom stereocenters. The highest BCUT2D eigenvalue weighted by atomic mass is 32.2. The third-order valence-electron chi connectivity index (χ3n) is 3.01. The molecule has 28 heavy (non-hydrogen) atoms. The normalized spacial score (nSPS) is 12.2. The van der Waals surface area contributed by atoms with Crippen LogP contribution < -0.4 is 19.5 Å². The third kappa shape index (κ3) is 5.08. The molecule has 9 nitrogen and oxygen atoms in total. The highest BCUT2D eigenvalue weighted by Gasteiger charge is 2.26. The van der Waals surface area contributed by atoms with Crippen LogP contribution in [-0.2, 0) is 10.0 Å². The van der Waals surface area contributed by atoms with Crippen molar-refractivity contribution in [1.29, 1.82) is 0 Å². The lowest BCUT2D eigenvalue weighted by Gasteiger charge is -2.09. The molecule has 0 aromatic carbocycles. The fourth-order valence-corrected chi connectivity index (χ4v) is 4.36. The van der Waals surface area contributed by atoms with Gasteiger partial charge in [-0.3, -0.25) is 5.32 Å².